The minimum absolute atomic E-state index is 0.183. The van der Waals surface area contributed by atoms with Crippen LogP contribution >= 0.6 is 7.92 Å². The summed E-state index contributed by atoms with van der Waals surface area (Å²) < 4.78 is 0. The average Bonchev–Trinajstić information content (AvgIpc) is 2.49. The first-order valence-electron chi connectivity index (χ1n) is 7.27. The monoisotopic (exact) mass is 270 g/mol. The molecule has 0 radical (unpaired) electrons. The second-order valence-electron chi connectivity index (χ2n) is 4.82. The first-order chi connectivity index (χ1) is 9.36. The third kappa shape index (κ3) is 3.67. The van der Waals surface area contributed by atoms with E-state index in [0.717, 1.165) is 6.42 Å². The molecule has 100 valence electrons. The van der Waals surface area contributed by atoms with Crippen molar-refractivity contribution in [3.63, 3.8) is 0 Å². The molecule has 0 aliphatic heterocycles. The van der Waals surface area contributed by atoms with Crippen molar-refractivity contribution in [2.75, 3.05) is 6.16 Å². The molecule has 1 unspecified atom stereocenters. The molecule has 0 saturated heterocycles. The van der Waals surface area contributed by atoms with E-state index in [2.05, 4.69) is 68.4 Å². The Bertz CT molecular complexity index is 490. The van der Waals surface area contributed by atoms with Gasteiger partial charge in [-0.25, -0.2) is 0 Å². The lowest BCUT2D eigenvalue weighted by Crippen LogP contribution is -2.17. The van der Waals surface area contributed by atoms with E-state index >= 15 is 0 Å². The third-order valence-corrected chi connectivity index (χ3v) is 6.17. The third-order valence-electron chi connectivity index (χ3n) is 3.47. The molecule has 19 heavy (non-hydrogen) atoms. The lowest BCUT2D eigenvalue weighted by atomic mass is 10.2. The van der Waals surface area contributed by atoms with Crippen molar-refractivity contribution in [2.24, 2.45) is 0 Å². The molecule has 0 amide bonds. The Morgan fingerprint density at radius 3 is 2.21 bits per heavy atom. The SMILES string of the molecule is CCCCP(c1ccccc1)c1ccccc1CC. The molecule has 0 bridgehead atoms. The van der Waals surface area contributed by atoms with E-state index in [9.17, 15) is 0 Å². The van der Waals surface area contributed by atoms with E-state index in [1.165, 1.54) is 29.9 Å². The molecule has 1 atom stereocenters. The zero-order chi connectivity index (χ0) is 13.5. The van der Waals surface area contributed by atoms with Gasteiger partial charge in [0.1, 0.15) is 0 Å². The lowest BCUT2D eigenvalue weighted by molar-refractivity contribution is 0.893. The molecule has 1 heteroatoms. The van der Waals surface area contributed by atoms with Crippen LogP contribution in [0.1, 0.15) is 32.3 Å². The van der Waals surface area contributed by atoms with E-state index in [4.69, 9.17) is 0 Å². The number of rotatable bonds is 6. The first-order valence-corrected chi connectivity index (χ1v) is 8.80. The van der Waals surface area contributed by atoms with Crippen molar-refractivity contribution in [3.05, 3.63) is 60.2 Å². The molecule has 0 aliphatic rings. The van der Waals surface area contributed by atoms with Gasteiger partial charge in [-0.15, -0.1) is 0 Å². The quantitative estimate of drug-likeness (QED) is 0.679. The first kappa shape index (κ1) is 14.3. The van der Waals surface area contributed by atoms with Crippen molar-refractivity contribution in [1.82, 2.24) is 0 Å². The molecule has 0 N–H and O–H groups in total. The Morgan fingerprint density at radius 2 is 1.53 bits per heavy atom. The van der Waals surface area contributed by atoms with Gasteiger partial charge >= 0.3 is 0 Å². The van der Waals surface area contributed by atoms with Crippen molar-refractivity contribution >= 4 is 18.5 Å². The standard InChI is InChI=1S/C18H23P/c1-3-5-15-19(17-12-7-6-8-13-17)18-14-10-9-11-16(18)4-2/h6-14H,3-5,15H2,1-2H3. The Kier molecular flexibility index (Phi) is 5.61. The number of hydrogen-bond acceptors (Lipinski definition) is 0. The summed E-state index contributed by atoms with van der Waals surface area (Å²) in [5.74, 6) is 0. The summed E-state index contributed by atoms with van der Waals surface area (Å²) in [5, 5.41) is 3.10. The van der Waals surface area contributed by atoms with Crippen LogP contribution in [0.15, 0.2) is 54.6 Å². The highest BCUT2D eigenvalue weighted by molar-refractivity contribution is 7.73. The number of hydrogen-bond donors (Lipinski definition) is 0. The van der Waals surface area contributed by atoms with Crippen LogP contribution in [0, 0.1) is 0 Å². The summed E-state index contributed by atoms with van der Waals surface area (Å²) in [4.78, 5) is 0. The zero-order valence-corrected chi connectivity index (χ0v) is 12.9. The molecule has 0 aromatic heterocycles. The Morgan fingerprint density at radius 1 is 0.842 bits per heavy atom. The van der Waals surface area contributed by atoms with Crippen LogP contribution in [0.2, 0.25) is 0 Å². The molecule has 0 heterocycles. The zero-order valence-electron chi connectivity index (χ0n) is 12.0. The van der Waals surface area contributed by atoms with E-state index in [1.807, 2.05) is 0 Å². The molecule has 0 aliphatic carbocycles. The van der Waals surface area contributed by atoms with Crippen LogP contribution in [0.25, 0.3) is 0 Å². The molecular formula is C18H23P. The highest BCUT2D eigenvalue weighted by atomic mass is 31.1. The Balaban J connectivity index is 2.37. The highest BCUT2D eigenvalue weighted by Gasteiger charge is 2.15. The predicted molar refractivity (Wildman–Crippen MR) is 88.2 cm³/mol. The van der Waals surface area contributed by atoms with Crippen LogP contribution in [0.3, 0.4) is 0 Å². The molecule has 2 aromatic carbocycles. The Labute approximate surface area is 118 Å². The maximum Gasteiger partial charge on any atom is -0.0163 e. The van der Waals surface area contributed by atoms with E-state index in [1.54, 1.807) is 5.30 Å². The van der Waals surface area contributed by atoms with Gasteiger partial charge in [0.05, 0.1) is 0 Å². The van der Waals surface area contributed by atoms with Crippen LogP contribution in [-0.4, -0.2) is 6.16 Å². The predicted octanol–water partition coefficient (Wildman–Crippen LogP) is 4.48. The van der Waals surface area contributed by atoms with Crippen molar-refractivity contribution < 1.29 is 0 Å². The molecule has 0 fully saturated rings. The smallest absolute Gasteiger partial charge is 0.0163 e. The van der Waals surface area contributed by atoms with Gasteiger partial charge in [0.25, 0.3) is 0 Å². The normalized spacial score (nSPS) is 12.3. The van der Waals surface area contributed by atoms with Gasteiger partial charge in [0, 0.05) is 0 Å². The Hall–Kier alpha value is -1.13. The van der Waals surface area contributed by atoms with Crippen LogP contribution in [-0.2, 0) is 6.42 Å². The molecule has 2 rings (SSSR count). The minimum Gasteiger partial charge on any atom is -0.0654 e. The summed E-state index contributed by atoms with van der Waals surface area (Å²) in [6.45, 7) is 4.54. The summed E-state index contributed by atoms with van der Waals surface area (Å²) in [6, 6.07) is 20.0. The van der Waals surface area contributed by atoms with E-state index in [0.29, 0.717) is 0 Å². The van der Waals surface area contributed by atoms with Gasteiger partial charge < -0.3 is 0 Å². The summed E-state index contributed by atoms with van der Waals surface area (Å²) in [6.07, 6.45) is 5.04. The van der Waals surface area contributed by atoms with Gasteiger partial charge in [0.2, 0.25) is 0 Å². The summed E-state index contributed by atoms with van der Waals surface area (Å²) in [5.41, 5.74) is 1.52. The molecule has 0 nitrogen and oxygen atoms in total. The van der Waals surface area contributed by atoms with E-state index in [-0.39, 0.29) is 7.92 Å². The highest BCUT2D eigenvalue weighted by Crippen LogP contribution is 2.36. The van der Waals surface area contributed by atoms with Gasteiger partial charge in [-0.3, -0.25) is 0 Å². The minimum atomic E-state index is -0.183. The molecular weight excluding hydrogens is 247 g/mol. The van der Waals surface area contributed by atoms with Crippen molar-refractivity contribution in [3.8, 4) is 0 Å². The second kappa shape index (κ2) is 7.46. The van der Waals surface area contributed by atoms with Crippen LogP contribution in [0.5, 0.6) is 0 Å². The van der Waals surface area contributed by atoms with E-state index < -0.39 is 0 Å². The van der Waals surface area contributed by atoms with Crippen molar-refractivity contribution in [2.45, 2.75) is 33.1 Å². The summed E-state index contributed by atoms with van der Waals surface area (Å²) >= 11 is 0. The number of unbranched alkanes of at least 4 members (excludes halogenated alkanes) is 1. The maximum absolute atomic E-state index is 2.34. The van der Waals surface area contributed by atoms with Gasteiger partial charge in [-0.05, 0) is 43.1 Å². The number of aryl methyl sites for hydroxylation is 1. The van der Waals surface area contributed by atoms with Crippen LogP contribution < -0.4 is 10.6 Å². The fourth-order valence-corrected chi connectivity index (χ4v) is 5.17. The number of benzene rings is 2. The average molecular weight is 270 g/mol. The molecule has 0 saturated carbocycles. The van der Waals surface area contributed by atoms with Crippen molar-refractivity contribution in [1.29, 1.82) is 0 Å². The molecule has 0 spiro atoms. The lowest BCUT2D eigenvalue weighted by Gasteiger charge is -2.21. The topological polar surface area (TPSA) is 0 Å². The van der Waals surface area contributed by atoms with Gasteiger partial charge in [0.15, 0.2) is 0 Å². The van der Waals surface area contributed by atoms with Gasteiger partial charge in [-0.2, -0.15) is 0 Å². The largest absolute Gasteiger partial charge is 0.0654 e. The van der Waals surface area contributed by atoms with Crippen LogP contribution in [0.4, 0.5) is 0 Å². The van der Waals surface area contributed by atoms with Gasteiger partial charge in [-0.1, -0.05) is 74.9 Å². The molecule has 2 aromatic rings. The fourth-order valence-electron chi connectivity index (χ4n) is 2.39. The maximum atomic E-state index is 2.34. The second-order valence-corrected chi connectivity index (χ2v) is 7.12. The summed E-state index contributed by atoms with van der Waals surface area (Å²) in [7, 11) is -0.183. The fraction of sp³-hybridized carbons (Fsp3) is 0.333.